The first-order valence-corrected chi connectivity index (χ1v) is 9.89. The van der Waals surface area contributed by atoms with Crippen molar-refractivity contribution in [1.29, 1.82) is 0 Å². The molecule has 1 aromatic carbocycles. The van der Waals surface area contributed by atoms with Crippen LogP contribution in [-0.4, -0.2) is 59.3 Å². The van der Waals surface area contributed by atoms with E-state index in [1.54, 1.807) is 11.9 Å². The lowest BCUT2D eigenvalue weighted by Crippen LogP contribution is -2.50. The molecule has 0 saturated carbocycles. The Labute approximate surface area is 166 Å². The largest absolute Gasteiger partial charge is 0.475 e. The second kappa shape index (κ2) is 8.20. The Hall–Kier alpha value is -2.57. The fraction of sp³-hybridized carbons (Fsp3) is 0.571. The monoisotopic (exact) mass is 386 g/mol. The van der Waals surface area contributed by atoms with Gasteiger partial charge in [-0.15, -0.1) is 0 Å². The van der Waals surface area contributed by atoms with Gasteiger partial charge in [0.15, 0.2) is 5.82 Å². The number of carbonyl (C=O) groups is 1. The van der Waals surface area contributed by atoms with E-state index in [0.29, 0.717) is 19.0 Å². The summed E-state index contributed by atoms with van der Waals surface area (Å²) < 4.78 is 11.3. The van der Waals surface area contributed by atoms with Crippen LogP contribution in [0.2, 0.25) is 0 Å². The number of amides is 1. The molecular weight excluding hydrogens is 356 g/mol. The number of nitrogens with zero attached hydrogens (tertiary/aromatic N) is 4. The molecule has 0 bridgehead atoms. The Bertz CT molecular complexity index is 834. The van der Waals surface area contributed by atoms with Crippen LogP contribution in [0.5, 0.6) is 5.88 Å². The number of anilines is 1. The molecule has 2 aromatic rings. The molecule has 1 atom stereocenters. The van der Waals surface area contributed by atoms with E-state index in [2.05, 4.69) is 9.88 Å². The number of piperidine rings is 1. The van der Waals surface area contributed by atoms with Crippen LogP contribution in [0, 0.1) is 0 Å². The molecule has 0 N–H and O–H groups in total. The van der Waals surface area contributed by atoms with E-state index in [1.165, 1.54) is 0 Å². The number of hydrogen-bond acceptors (Lipinski definition) is 6. The number of ether oxygens (including phenoxy) is 2. The van der Waals surface area contributed by atoms with Gasteiger partial charge in [-0.3, -0.25) is 0 Å². The Kier molecular flexibility index (Phi) is 5.91. The van der Waals surface area contributed by atoms with Gasteiger partial charge in [-0.05, 0) is 52.7 Å². The molecule has 1 amide bonds. The van der Waals surface area contributed by atoms with Crippen molar-refractivity contribution < 1.29 is 14.3 Å². The average molecular weight is 386 g/mol. The van der Waals surface area contributed by atoms with Crippen molar-refractivity contribution in [2.75, 3.05) is 31.6 Å². The third-order valence-corrected chi connectivity index (χ3v) is 4.73. The molecule has 0 radical (unpaired) electrons. The molecule has 1 unspecified atom stereocenters. The van der Waals surface area contributed by atoms with Gasteiger partial charge in [-0.2, -0.15) is 0 Å². The summed E-state index contributed by atoms with van der Waals surface area (Å²) in [6, 6.07) is 7.83. The van der Waals surface area contributed by atoms with Gasteiger partial charge in [0.2, 0.25) is 0 Å². The molecule has 1 aromatic heterocycles. The number of aromatic nitrogens is 2. The van der Waals surface area contributed by atoms with Crippen LogP contribution in [0.15, 0.2) is 24.3 Å². The predicted molar refractivity (Wildman–Crippen MR) is 110 cm³/mol. The molecule has 1 aliphatic rings. The molecule has 0 spiro atoms. The highest BCUT2D eigenvalue weighted by atomic mass is 16.6. The van der Waals surface area contributed by atoms with E-state index in [1.807, 2.05) is 52.0 Å². The molecule has 7 heteroatoms. The number of likely N-dealkylation sites (N-methyl/N-ethyl adjacent to an activating group) is 1. The van der Waals surface area contributed by atoms with E-state index < -0.39 is 5.60 Å². The molecule has 2 heterocycles. The van der Waals surface area contributed by atoms with Crippen molar-refractivity contribution in [3.8, 4) is 5.88 Å². The topological polar surface area (TPSA) is 67.8 Å². The summed E-state index contributed by atoms with van der Waals surface area (Å²) >= 11 is 0. The second-order valence-electron chi connectivity index (χ2n) is 8.11. The summed E-state index contributed by atoms with van der Waals surface area (Å²) in [4.78, 5) is 25.8. The van der Waals surface area contributed by atoms with Crippen LogP contribution >= 0.6 is 0 Å². The SMILES string of the molecule is CCOc1nc2ccccc2nc1N1CCCC(N(C)C(=O)OC(C)(C)C)C1. The first kappa shape index (κ1) is 20.2. The summed E-state index contributed by atoms with van der Waals surface area (Å²) in [6.45, 7) is 9.63. The maximum absolute atomic E-state index is 12.5. The number of hydrogen-bond donors (Lipinski definition) is 0. The van der Waals surface area contributed by atoms with Crippen LogP contribution < -0.4 is 9.64 Å². The van der Waals surface area contributed by atoms with Gasteiger partial charge in [-0.25, -0.2) is 14.8 Å². The maximum atomic E-state index is 12.5. The number of fused-ring (bicyclic) bond motifs is 1. The molecule has 28 heavy (non-hydrogen) atoms. The number of benzene rings is 1. The second-order valence-corrected chi connectivity index (χ2v) is 8.11. The maximum Gasteiger partial charge on any atom is 0.410 e. The van der Waals surface area contributed by atoms with Crippen molar-refractivity contribution >= 4 is 22.9 Å². The summed E-state index contributed by atoms with van der Waals surface area (Å²) in [5, 5.41) is 0. The zero-order chi connectivity index (χ0) is 20.3. The minimum absolute atomic E-state index is 0.0475. The minimum atomic E-state index is -0.508. The molecular formula is C21H30N4O3. The molecule has 1 saturated heterocycles. The van der Waals surface area contributed by atoms with E-state index >= 15 is 0 Å². The fourth-order valence-electron chi connectivity index (χ4n) is 3.36. The van der Waals surface area contributed by atoms with Crippen LogP contribution in [0.1, 0.15) is 40.5 Å². The van der Waals surface area contributed by atoms with Crippen molar-refractivity contribution in [2.24, 2.45) is 0 Å². The summed E-state index contributed by atoms with van der Waals surface area (Å²) in [5.41, 5.74) is 1.14. The zero-order valence-corrected chi connectivity index (χ0v) is 17.4. The number of rotatable bonds is 4. The van der Waals surface area contributed by atoms with Crippen molar-refractivity contribution in [3.05, 3.63) is 24.3 Å². The lowest BCUT2D eigenvalue weighted by atomic mass is 10.0. The van der Waals surface area contributed by atoms with Crippen LogP contribution in [0.25, 0.3) is 11.0 Å². The van der Waals surface area contributed by atoms with Gasteiger partial charge < -0.3 is 19.3 Å². The van der Waals surface area contributed by atoms with Crippen molar-refractivity contribution in [3.63, 3.8) is 0 Å². The highest BCUT2D eigenvalue weighted by molar-refractivity contribution is 5.77. The van der Waals surface area contributed by atoms with Gasteiger partial charge in [0.05, 0.1) is 23.7 Å². The van der Waals surface area contributed by atoms with Gasteiger partial charge in [0.25, 0.3) is 5.88 Å². The first-order chi connectivity index (χ1) is 13.3. The standard InChI is InChI=1S/C21H30N4O3/c1-6-27-19-18(22-16-11-7-8-12-17(16)23-19)25-13-9-10-15(14-25)24(5)20(26)28-21(2,3)4/h7-8,11-12,15H,6,9-10,13-14H2,1-5H3. The average Bonchev–Trinajstić information content (AvgIpc) is 2.66. The van der Waals surface area contributed by atoms with Gasteiger partial charge in [0, 0.05) is 20.1 Å². The lowest BCUT2D eigenvalue weighted by molar-refractivity contribution is 0.0209. The van der Waals surface area contributed by atoms with Gasteiger partial charge in [-0.1, -0.05) is 12.1 Å². The highest BCUT2D eigenvalue weighted by Crippen LogP contribution is 2.30. The fourth-order valence-corrected chi connectivity index (χ4v) is 3.36. The van der Waals surface area contributed by atoms with Crippen molar-refractivity contribution in [1.82, 2.24) is 14.9 Å². The Morgan fingerprint density at radius 1 is 1.25 bits per heavy atom. The molecule has 1 fully saturated rings. The zero-order valence-electron chi connectivity index (χ0n) is 17.4. The van der Waals surface area contributed by atoms with E-state index in [0.717, 1.165) is 36.2 Å². The highest BCUT2D eigenvalue weighted by Gasteiger charge is 2.31. The molecule has 152 valence electrons. The minimum Gasteiger partial charge on any atom is -0.475 e. The summed E-state index contributed by atoms with van der Waals surface area (Å²) in [5.74, 6) is 1.28. The molecule has 0 aliphatic carbocycles. The number of para-hydroxylation sites is 2. The third kappa shape index (κ3) is 4.64. The first-order valence-electron chi connectivity index (χ1n) is 9.89. The Morgan fingerprint density at radius 2 is 1.93 bits per heavy atom. The Morgan fingerprint density at radius 3 is 2.57 bits per heavy atom. The van der Waals surface area contributed by atoms with Gasteiger partial charge in [0.1, 0.15) is 5.60 Å². The van der Waals surface area contributed by atoms with Crippen LogP contribution in [0.4, 0.5) is 10.6 Å². The lowest BCUT2D eigenvalue weighted by Gasteiger charge is -2.38. The van der Waals surface area contributed by atoms with E-state index in [4.69, 9.17) is 14.5 Å². The van der Waals surface area contributed by atoms with E-state index in [-0.39, 0.29) is 12.1 Å². The third-order valence-electron chi connectivity index (χ3n) is 4.73. The summed E-state index contributed by atoms with van der Waals surface area (Å²) in [6.07, 6.45) is 1.59. The van der Waals surface area contributed by atoms with Crippen LogP contribution in [0.3, 0.4) is 0 Å². The predicted octanol–water partition coefficient (Wildman–Crippen LogP) is 3.86. The molecule has 3 rings (SSSR count). The molecule has 1 aliphatic heterocycles. The Balaban J connectivity index is 1.83. The van der Waals surface area contributed by atoms with Crippen LogP contribution in [-0.2, 0) is 4.74 Å². The van der Waals surface area contributed by atoms with Crippen molar-refractivity contribution in [2.45, 2.75) is 52.2 Å². The van der Waals surface area contributed by atoms with Gasteiger partial charge >= 0.3 is 6.09 Å². The normalized spacial score (nSPS) is 17.5. The van der Waals surface area contributed by atoms with E-state index in [9.17, 15) is 4.79 Å². The quantitative estimate of drug-likeness (QED) is 0.795. The molecule has 7 nitrogen and oxygen atoms in total. The number of carbonyl (C=O) groups excluding carboxylic acids is 1. The smallest absolute Gasteiger partial charge is 0.410 e. The summed E-state index contributed by atoms with van der Waals surface area (Å²) in [7, 11) is 1.80.